The zero-order valence-corrected chi connectivity index (χ0v) is 14.9. The zero-order valence-electron chi connectivity index (χ0n) is 14.9. The Kier molecular flexibility index (Phi) is 4.54. The molecule has 1 unspecified atom stereocenters. The van der Waals surface area contributed by atoms with Crippen molar-refractivity contribution in [3.05, 3.63) is 54.2 Å². The van der Waals surface area contributed by atoms with Crippen LogP contribution in [0.25, 0.3) is 22.2 Å². The van der Waals surface area contributed by atoms with Gasteiger partial charge in [-0.1, -0.05) is 31.2 Å². The number of hydrogen-bond acceptors (Lipinski definition) is 5. The van der Waals surface area contributed by atoms with E-state index >= 15 is 0 Å². The lowest BCUT2D eigenvalue weighted by molar-refractivity contribution is -0.137. The number of aromatic nitrogens is 2. The topological polar surface area (TPSA) is 62.5 Å². The fourth-order valence-electron chi connectivity index (χ4n) is 3.01. The number of halogens is 3. The first kappa shape index (κ1) is 18.1. The van der Waals surface area contributed by atoms with Crippen molar-refractivity contribution in [2.75, 3.05) is 5.32 Å². The normalized spacial score (nSPS) is 16.4. The monoisotopic (exact) mass is 383 g/mol. The van der Waals surface area contributed by atoms with Crippen LogP contribution in [0.2, 0.25) is 0 Å². The summed E-state index contributed by atoms with van der Waals surface area (Å²) in [6, 6.07) is 10.5. The van der Waals surface area contributed by atoms with Crippen LogP contribution in [0.4, 0.5) is 19.0 Å². The van der Waals surface area contributed by atoms with Crippen molar-refractivity contribution in [3.8, 4) is 11.3 Å². The molecule has 2 aromatic heterocycles. The minimum atomic E-state index is -4.48. The fraction of sp³-hybridized carbons (Fsp3) is 0.200. The molecule has 4 rings (SSSR count). The van der Waals surface area contributed by atoms with E-state index in [4.69, 9.17) is 0 Å². The molecule has 0 aliphatic carbocycles. The number of benzene rings is 1. The van der Waals surface area contributed by atoms with Gasteiger partial charge in [0, 0.05) is 23.4 Å². The van der Waals surface area contributed by atoms with Crippen LogP contribution in [0.3, 0.4) is 0 Å². The zero-order chi connectivity index (χ0) is 19.7. The highest BCUT2D eigenvalue weighted by atomic mass is 19.4. The van der Waals surface area contributed by atoms with Gasteiger partial charge in [-0.25, -0.2) is 15.0 Å². The Hall–Kier alpha value is -3.29. The van der Waals surface area contributed by atoms with Gasteiger partial charge >= 0.3 is 6.18 Å². The number of aliphatic imine (C=N–C) groups is 2. The van der Waals surface area contributed by atoms with Gasteiger partial charge in [-0.3, -0.25) is 4.98 Å². The largest absolute Gasteiger partial charge is 0.417 e. The Balaban J connectivity index is 1.85. The van der Waals surface area contributed by atoms with E-state index in [0.717, 1.165) is 12.5 Å². The van der Waals surface area contributed by atoms with Gasteiger partial charge in [0.25, 0.3) is 0 Å². The first-order chi connectivity index (χ1) is 13.5. The molecule has 8 heteroatoms. The van der Waals surface area contributed by atoms with Crippen LogP contribution < -0.4 is 5.32 Å². The lowest BCUT2D eigenvalue weighted by Gasteiger charge is -2.14. The second kappa shape index (κ2) is 7.03. The number of anilines is 1. The molecule has 3 heterocycles. The van der Waals surface area contributed by atoms with Gasteiger partial charge < -0.3 is 5.32 Å². The Morgan fingerprint density at radius 2 is 1.93 bits per heavy atom. The average molecular weight is 383 g/mol. The lowest BCUT2D eigenvalue weighted by Crippen LogP contribution is -2.11. The Morgan fingerprint density at radius 3 is 2.68 bits per heavy atom. The summed E-state index contributed by atoms with van der Waals surface area (Å²) < 4.78 is 40.4. The summed E-state index contributed by atoms with van der Waals surface area (Å²) in [5.41, 5.74) is 0.00481. The van der Waals surface area contributed by atoms with Gasteiger partial charge in [-0.15, -0.1) is 0 Å². The van der Waals surface area contributed by atoms with E-state index < -0.39 is 11.7 Å². The third kappa shape index (κ3) is 3.45. The van der Waals surface area contributed by atoms with Crippen LogP contribution in [0, 0.1) is 0 Å². The second-order valence-electron chi connectivity index (χ2n) is 6.31. The van der Waals surface area contributed by atoms with E-state index in [9.17, 15) is 13.2 Å². The first-order valence-electron chi connectivity index (χ1n) is 8.77. The van der Waals surface area contributed by atoms with E-state index in [2.05, 4.69) is 25.3 Å². The summed E-state index contributed by atoms with van der Waals surface area (Å²) >= 11 is 0. The maximum absolute atomic E-state index is 13.5. The van der Waals surface area contributed by atoms with Crippen molar-refractivity contribution >= 4 is 28.9 Å². The van der Waals surface area contributed by atoms with Crippen LogP contribution >= 0.6 is 0 Å². The molecule has 1 N–H and O–H groups in total. The van der Waals surface area contributed by atoms with Crippen LogP contribution in [0.15, 0.2) is 58.6 Å². The number of alkyl halides is 3. The highest BCUT2D eigenvalue weighted by Gasteiger charge is 2.33. The molecule has 1 aliphatic rings. The molecule has 1 aliphatic heterocycles. The van der Waals surface area contributed by atoms with Crippen molar-refractivity contribution in [1.82, 2.24) is 9.97 Å². The highest BCUT2D eigenvalue weighted by molar-refractivity contribution is 6.06. The molecule has 0 radical (unpaired) electrons. The molecule has 3 aromatic rings. The average Bonchev–Trinajstić information content (AvgIpc) is 3.15. The molecule has 5 nitrogen and oxygen atoms in total. The quantitative estimate of drug-likeness (QED) is 0.696. The summed E-state index contributed by atoms with van der Waals surface area (Å²) in [6.07, 6.45) is -0.349. The van der Waals surface area contributed by atoms with Crippen molar-refractivity contribution < 1.29 is 13.2 Å². The van der Waals surface area contributed by atoms with Crippen molar-refractivity contribution in [2.24, 2.45) is 9.98 Å². The second-order valence-corrected chi connectivity index (χ2v) is 6.31. The summed E-state index contributed by atoms with van der Waals surface area (Å²) in [7, 11) is 0. The van der Waals surface area contributed by atoms with E-state index in [0.29, 0.717) is 22.7 Å². The van der Waals surface area contributed by atoms with E-state index in [1.165, 1.54) is 12.1 Å². The van der Waals surface area contributed by atoms with Crippen molar-refractivity contribution in [1.29, 1.82) is 0 Å². The molecule has 0 amide bonds. The highest BCUT2D eigenvalue weighted by Crippen LogP contribution is 2.37. The number of hydrogen-bond donors (Lipinski definition) is 1. The smallest absolute Gasteiger partial charge is 0.307 e. The number of rotatable bonds is 3. The molecule has 1 aromatic carbocycles. The Bertz CT molecular complexity index is 1090. The van der Waals surface area contributed by atoms with Crippen LogP contribution in [-0.4, -0.2) is 28.2 Å². The van der Waals surface area contributed by atoms with Gasteiger partial charge in [0.15, 0.2) is 5.82 Å². The predicted octanol–water partition coefficient (Wildman–Crippen LogP) is 4.95. The fourth-order valence-corrected chi connectivity index (χ4v) is 3.01. The molecular formula is C20H16F3N5. The number of pyridine rings is 2. The summed E-state index contributed by atoms with van der Waals surface area (Å²) in [4.78, 5) is 17.4. The van der Waals surface area contributed by atoms with Crippen LogP contribution in [0.1, 0.15) is 18.9 Å². The lowest BCUT2D eigenvalue weighted by atomic mass is 10.0. The van der Waals surface area contributed by atoms with Crippen molar-refractivity contribution in [2.45, 2.75) is 25.6 Å². The number of nitrogens with one attached hydrogen (secondary N) is 1. The van der Waals surface area contributed by atoms with Gasteiger partial charge in [-0.05, 0) is 24.6 Å². The SMILES string of the molecule is CCC1C=NC(Nc2nc(-c3ccccc3C(F)(F)F)cc3cccnc23)=N1. The van der Waals surface area contributed by atoms with E-state index in [1.54, 1.807) is 36.7 Å². The number of nitrogens with zero attached hydrogens (tertiary/aromatic N) is 4. The molecule has 0 saturated carbocycles. The van der Waals surface area contributed by atoms with E-state index in [1.807, 2.05) is 6.92 Å². The molecule has 0 saturated heterocycles. The standard InChI is InChI=1S/C20H16F3N5/c1-2-13-11-25-19(26-13)28-18-17-12(6-5-9-24-17)10-16(27-18)14-7-3-4-8-15(14)20(21,22)23/h3-11,13H,2H2,1H3,(H,26,27,28). The minimum absolute atomic E-state index is 0.00657. The number of guanidine groups is 1. The third-order valence-electron chi connectivity index (χ3n) is 4.40. The van der Waals surface area contributed by atoms with Gasteiger partial charge in [-0.2, -0.15) is 13.2 Å². The third-order valence-corrected chi connectivity index (χ3v) is 4.40. The molecule has 0 fully saturated rings. The summed E-state index contributed by atoms with van der Waals surface area (Å²) in [5.74, 6) is 0.685. The molecule has 28 heavy (non-hydrogen) atoms. The maximum atomic E-state index is 13.5. The number of fused-ring (bicyclic) bond motifs is 1. The first-order valence-corrected chi connectivity index (χ1v) is 8.77. The summed E-state index contributed by atoms with van der Waals surface area (Å²) in [5, 5.41) is 3.68. The molecule has 142 valence electrons. The van der Waals surface area contributed by atoms with Crippen LogP contribution in [0.5, 0.6) is 0 Å². The molecule has 0 bridgehead atoms. The van der Waals surface area contributed by atoms with Gasteiger partial charge in [0.2, 0.25) is 5.96 Å². The summed E-state index contributed by atoms with van der Waals surface area (Å²) in [6.45, 7) is 1.99. The Labute approximate surface area is 159 Å². The van der Waals surface area contributed by atoms with Crippen molar-refractivity contribution in [3.63, 3.8) is 0 Å². The minimum Gasteiger partial charge on any atom is -0.307 e. The molecular weight excluding hydrogens is 367 g/mol. The molecule has 1 atom stereocenters. The van der Waals surface area contributed by atoms with Gasteiger partial charge in [0.1, 0.15) is 5.52 Å². The van der Waals surface area contributed by atoms with Crippen LogP contribution in [-0.2, 0) is 6.18 Å². The Morgan fingerprint density at radius 1 is 1.11 bits per heavy atom. The predicted molar refractivity (Wildman–Crippen MR) is 104 cm³/mol. The maximum Gasteiger partial charge on any atom is 0.417 e. The molecule has 0 spiro atoms. The van der Waals surface area contributed by atoms with Gasteiger partial charge in [0.05, 0.1) is 17.3 Å². The van der Waals surface area contributed by atoms with E-state index in [-0.39, 0.29) is 17.3 Å².